The standard InChI is InChI=1S/C8H20BN/c1-7(2)10(6)8(3)9(4)5/h7-8H,1-6H3. The van der Waals surface area contributed by atoms with E-state index in [1.54, 1.807) is 0 Å². The van der Waals surface area contributed by atoms with Crippen molar-refractivity contribution in [3.8, 4) is 0 Å². The van der Waals surface area contributed by atoms with Gasteiger partial charge < -0.3 is 4.90 Å². The highest BCUT2D eigenvalue weighted by molar-refractivity contribution is 6.57. The van der Waals surface area contributed by atoms with Crippen molar-refractivity contribution in [2.75, 3.05) is 7.05 Å². The van der Waals surface area contributed by atoms with Gasteiger partial charge in [0.25, 0.3) is 0 Å². The van der Waals surface area contributed by atoms with Crippen LogP contribution in [0.15, 0.2) is 0 Å². The largest absolute Gasteiger partial charge is 0.309 e. The highest BCUT2D eigenvalue weighted by Crippen LogP contribution is 2.04. The van der Waals surface area contributed by atoms with Crippen LogP contribution in [0.1, 0.15) is 20.8 Å². The van der Waals surface area contributed by atoms with Crippen molar-refractivity contribution in [2.45, 2.75) is 46.4 Å². The first-order chi connectivity index (χ1) is 4.46. The van der Waals surface area contributed by atoms with Crippen LogP contribution in [0, 0.1) is 0 Å². The molecular weight excluding hydrogens is 121 g/mol. The van der Waals surface area contributed by atoms with E-state index in [2.05, 4.69) is 46.4 Å². The summed E-state index contributed by atoms with van der Waals surface area (Å²) in [7, 11) is 2.19. The Hall–Kier alpha value is 0.0249. The molecule has 0 saturated heterocycles. The topological polar surface area (TPSA) is 3.24 Å². The minimum atomic E-state index is 0.664. The second kappa shape index (κ2) is 4.02. The fraction of sp³-hybridized carbons (Fsp3) is 1.00. The van der Waals surface area contributed by atoms with Crippen LogP contribution in [0.3, 0.4) is 0 Å². The second-order valence-corrected chi connectivity index (χ2v) is 3.74. The van der Waals surface area contributed by atoms with Crippen molar-refractivity contribution in [3.05, 3.63) is 0 Å². The first-order valence-electron chi connectivity index (χ1n) is 4.18. The summed E-state index contributed by atoms with van der Waals surface area (Å²) in [6.07, 6.45) is 0. The highest BCUT2D eigenvalue weighted by Gasteiger charge is 2.16. The molecule has 1 unspecified atom stereocenters. The fourth-order valence-corrected chi connectivity index (χ4v) is 0.941. The molecule has 0 saturated carbocycles. The van der Waals surface area contributed by atoms with Gasteiger partial charge in [0.15, 0.2) is 6.71 Å². The summed E-state index contributed by atoms with van der Waals surface area (Å²) < 4.78 is 0. The van der Waals surface area contributed by atoms with Crippen LogP contribution in [-0.4, -0.2) is 30.6 Å². The van der Waals surface area contributed by atoms with Crippen LogP contribution in [0.2, 0.25) is 13.6 Å². The van der Waals surface area contributed by atoms with Gasteiger partial charge in [0.2, 0.25) is 0 Å². The van der Waals surface area contributed by atoms with E-state index in [0.29, 0.717) is 12.0 Å². The maximum Gasteiger partial charge on any atom is 0.154 e. The van der Waals surface area contributed by atoms with Crippen LogP contribution in [-0.2, 0) is 0 Å². The molecule has 0 rings (SSSR count). The van der Waals surface area contributed by atoms with Crippen LogP contribution >= 0.6 is 0 Å². The molecule has 0 bridgehead atoms. The maximum absolute atomic E-state index is 2.41. The Balaban J connectivity index is 3.81. The Kier molecular flexibility index (Phi) is 4.03. The van der Waals surface area contributed by atoms with Crippen LogP contribution in [0.25, 0.3) is 0 Å². The molecule has 0 aliphatic heterocycles. The van der Waals surface area contributed by atoms with Gasteiger partial charge in [-0.3, -0.25) is 0 Å². The molecule has 0 spiro atoms. The van der Waals surface area contributed by atoms with Gasteiger partial charge in [-0.05, 0) is 26.8 Å². The molecule has 60 valence electrons. The van der Waals surface area contributed by atoms with E-state index >= 15 is 0 Å². The minimum absolute atomic E-state index is 0.664. The van der Waals surface area contributed by atoms with Gasteiger partial charge in [0.1, 0.15) is 0 Å². The van der Waals surface area contributed by atoms with Crippen molar-refractivity contribution in [1.29, 1.82) is 0 Å². The van der Waals surface area contributed by atoms with E-state index < -0.39 is 0 Å². The van der Waals surface area contributed by atoms with Gasteiger partial charge in [-0.15, -0.1) is 0 Å². The quantitative estimate of drug-likeness (QED) is 0.543. The van der Waals surface area contributed by atoms with Gasteiger partial charge in [-0.25, -0.2) is 0 Å². The lowest BCUT2D eigenvalue weighted by Crippen LogP contribution is -2.42. The molecule has 10 heavy (non-hydrogen) atoms. The zero-order valence-corrected chi connectivity index (χ0v) is 8.18. The van der Waals surface area contributed by atoms with Crippen molar-refractivity contribution < 1.29 is 0 Å². The SMILES string of the molecule is CB(C)C(C)N(C)C(C)C. The Morgan fingerprint density at radius 2 is 1.50 bits per heavy atom. The lowest BCUT2D eigenvalue weighted by Gasteiger charge is -2.30. The first-order valence-corrected chi connectivity index (χ1v) is 4.18. The summed E-state index contributed by atoms with van der Waals surface area (Å²) >= 11 is 0. The Morgan fingerprint density at radius 3 is 1.60 bits per heavy atom. The van der Waals surface area contributed by atoms with Crippen molar-refractivity contribution in [2.24, 2.45) is 0 Å². The molecule has 0 fully saturated rings. The minimum Gasteiger partial charge on any atom is -0.309 e. The van der Waals surface area contributed by atoms with E-state index in [9.17, 15) is 0 Å². The van der Waals surface area contributed by atoms with E-state index in [-0.39, 0.29) is 0 Å². The summed E-state index contributed by atoms with van der Waals surface area (Å²) in [5.41, 5.74) is 0. The Morgan fingerprint density at radius 1 is 1.10 bits per heavy atom. The van der Waals surface area contributed by atoms with Gasteiger partial charge >= 0.3 is 0 Å². The molecule has 0 N–H and O–H groups in total. The molecular formula is C8H20BN. The number of hydrogen-bond donors (Lipinski definition) is 0. The van der Waals surface area contributed by atoms with Crippen LogP contribution in [0.4, 0.5) is 0 Å². The van der Waals surface area contributed by atoms with Crippen LogP contribution in [0.5, 0.6) is 0 Å². The molecule has 0 aliphatic rings. The Labute approximate surface area is 65.9 Å². The smallest absolute Gasteiger partial charge is 0.154 e. The molecule has 0 aliphatic carbocycles. The third-order valence-corrected chi connectivity index (χ3v) is 2.42. The lowest BCUT2D eigenvalue weighted by atomic mass is 9.48. The number of nitrogens with zero attached hydrogens (tertiary/aromatic N) is 1. The monoisotopic (exact) mass is 141 g/mol. The lowest BCUT2D eigenvalue weighted by molar-refractivity contribution is 0.258. The summed E-state index contributed by atoms with van der Waals surface area (Å²) in [6, 6.07) is 0.664. The zero-order chi connectivity index (χ0) is 8.31. The summed E-state index contributed by atoms with van der Waals surface area (Å²) in [5, 5.41) is 0. The Bertz CT molecular complexity index is 79.3. The molecule has 0 radical (unpaired) electrons. The average molecular weight is 141 g/mol. The van der Waals surface area contributed by atoms with Gasteiger partial charge in [-0.1, -0.05) is 20.6 Å². The fourth-order valence-electron chi connectivity index (χ4n) is 0.941. The second-order valence-electron chi connectivity index (χ2n) is 3.74. The molecule has 0 aromatic heterocycles. The van der Waals surface area contributed by atoms with Gasteiger partial charge in [-0.2, -0.15) is 0 Å². The molecule has 0 heterocycles. The van der Waals surface area contributed by atoms with Gasteiger partial charge in [0, 0.05) is 6.04 Å². The highest BCUT2D eigenvalue weighted by atomic mass is 15.1. The maximum atomic E-state index is 2.41. The molecule has 0 aromatic carbocycles. The van der Waals surface area contributed by atoms with E-state index in [4.69, 9.17) is 0 Å². The molecule has 2 heteroatoms. The average Bonchev–Trinajstić information content (AvgIpc) is 1.84. The predicted octanol–water partition coefficient (Wildman–Crippen LogP) is 2.01. The molecule has 0 amide bonds. The van der Waals surface area contributed by atoms with Crippen molar-refractivity contribution >= 4 is 6.71 Å². The number of rotatable bonds is 3. The molecule has 1 nitrogen and oxygen atoms in total. The third-order valence-electron chi connectivity index (χ3n) is 2.42. The van der Waals surface area contributed by atoms with Crippen molar-refractivity contribution in [3.63, 3.8) is 0 Å². The zero-order valence-electron chi connectivity index (χ0n) is 8.18. The summed E-state index contributed by atoms with van der Waals surface area (Å²) in [6.45, 7) is 12.0. The van der Waals surface area contributed by atoms with Crippen molar-refractivity contribution in [1.82, 2.24) is 4.90 Å². The van der Waals surface area contributed by atoms with E-state index in [1.807, 2.05) is 0 Å². The normalized spacial score (nSPS) is 14.4. The van der Waals surface area contributed by atoms with Crippen LogP contribution < -0.4 is 0 Å². The molecule has 1 atom stereocenters. The molecule has 0 aromatic rings. The third kappa shape index (κ3) is 2.74. The first kappa shape index (κ1) is 10.0. The summed E-state index contributed by atoms with van der Waals surface area (Å²) in [5.74, 6) is 0.694. The van der Waals surface area contributed by atoms with Gasteiger partial charge in [0.05, 0.1) is 0 Å². The number of hydrogen-bond acceptors (Lipinski definition) is 1. The van der Waals surface area contributed by atoms with E-state index in [0.717, 1.165) is 6.71 Å². The predicted molar refractivity (Wildman–Crippen MR) is 49.8 cm³/mol. The van der Waals surface area contributed by atoms with E-state index in [1.165, 1.54) is 0 Å². The summed E-state index contributed by atoms with van der Waals surface area (Å²) in [4.78, 5) is 2.41.